The molecule has 12 aromatic rings. The summed E-state index contributed by atoms with van der Waals surface area (Å²) in [7, 11) is 0. The van der Waals surface area contributed by atoms with Crippen LogP contribution in [0.15, 0.2) is 221 Å². The minimum Gasteiger partial charge on any atom is -0.456 e. The van der Waals surface area contributed by atoms with Crippen LogP contribution >= 0.6 is 0 Å². The van der Waals surface area contributed by atoms with Crippen molar-refractivity contribution in [1.82, 2.24) is 15.0 Å². The summed E-state index contributed by atoms with van der Waals surface area (Å²) < 4.78 is 12.6. The Morgan fingerprint density at radius 3 is 1.37 bits per heavy atom. The maximum atomic E-state index is 6.39. The first-order valence-corrected chi connectivity index (χ1v) is 20.7. The predicted octanol–water partition coefficient (Wildman–Crippen LogP) is 15.3. The number of fused-ring (bicyclic) bond motifs is 6. The monoisotopic (exact) mass is 793 g/mol. The maximum Gasteiger partial charge on any atom is 0.164 e. The maximum absolute atomic E-state index is 6.39. The predicted molar refractivity (Wildman–Crippen MR) is 252 cm³/mol. The Hall–Kier alpha value is -8.41. The van der Waals surface area contributed by atoms with Crippen molar-refractivity contribution in [3.8, 4) is 78.7 Å². The molecule has 5 heteroatoms. The molecular weight excluding hydrogens is 759 g/mol. The summed E-state index contributed by atoms with van der Waals surface area (Å²) in [4.78, 5) is 15.5. The molecule has 9 aromatic carbocycles. The molecule has 0 bridgehead atoms. The summed E-state index contributed by atoms with van der Waals surface area (Å²) >= 11 is 0. The first kappa shape index (κ1) is 35.5. The summed E-state index contributed by atoms with van der Waals surface area (Å²) in [6.07, 6.45) is 0. The second-order valence-corrected chi connectivity index (χ2v) is 15.6. The van der Waals surface area contributed by atoms with Crippen molar-refractivity contribution in [2.45, 2.75) is 0 Å². The van der Waals surface area contributed by atoms with E-state index in [1.54, 1.807) is 0 Å². The summed E-state index contributed by atoms with van der Waals surface area (Å²) in [6.45, 7) is 0. The molecule has 0 unspecified atom stereocenters. The molecule has 0 spiro atoms. The number of nitrogens with zero attached hydrogens (tertiary/aromatic N) is 3. The second kappa shape index (κ2) is 14.7. The zero-order chi connectivity index (χ0) is 41.0. The van der Waals surface area contributed by atoms with Gasteiger partial charge in [0.15, 0.2) is 17.5 Å². The van der Waals surface area contributed by atoms with Gasteiger partial charge in [-0.25, -0.2) is 15.0 Å². The number of hydrogen-bond donors (Lipinski definition) is 0. The van der Waals surface area contributed by atoms with Crippen molar-refractivity contribution in [2.75, 3.05) is 0 Å². The molecule has 0 radical (unpaired) electrons. The molecule has 0 fully saturated rings. The molecule has 0 aliphatic rings. The van der Waals surface area contributed by atoms with E-state index < -0.39 is 0 Å². The van der Waals surface area contributed by atoms with Crippen molar-refractivity contribution in [2.24, 2.45) is 0 Å². The van der Waals surface area contributed by atoms with Crippen molar-refractivity contribution in [3.05, 3.63) is 212 Å². The molecule has 0 amide bonds. The molecule has 290 valence electrons. The number of rotatable bonds is 7. The van der Waals surface area contributed by atoms with E-state index in [0.29, 0.717) is 17.5 Å². The van der Waals surface area contributed by atoms with Crippen LogP contribution < -0.4 is 0 Å². The fourth-order valence-corrected chi connectivity index (χ4v) is 8.63. The van der Waals surface area contributed by atoms with Crippen LogP contribution in [0.25, 0.3) is 123 Å². The Balaban J connectivity index is 0.936. The van der Waals surface area contributed by atoms with Crippen LogP contribution in [0.2, 0.25) is 0 Å². The Labute approximate surface area is 357 Å². The number of furan rings is 2. The summed E-state index contributed by atoms with van der Waals surface area (Å²) in [6, 6.07) is 73.5. The molecule has 12 rings (SSSR count). The normalized spacial score (nSPS) is 11.5. The van der Waals surface area contributed by atoms with Gasteiger partial charge in [0.2, 0.25) is 0 Å². The highest BCUT2D eigenvalue weighted by Gasteiger charge is 2.18. The molecule has 0 saturated carbocycles. The van der Waals surface area contributed by atoms with E-state index in [1.165, 1.54) is 0 Å². The highest BCUT2D eigenvalue weighted by atomic mass is 16.3. The summed E-state index contributed by atoms with van der Waals surface area (Å²) in [5.74, 6) is 1.84. The van der Waals surface area contributed by atoms with Crippen LogP contribution in [-0.2, 0) is 0 Å². The molecule has 0 aliphatic carbocycles. The number of para-hydroxylation sites is 1. The van der Waals surface area contributed by atoms with Crippen LogP contribution in [0.5, 0.6) is 0 Å². The van der Waals surface area contributed by atoms with Gasteiger partial charge >= 0.3 is 0 Å². The van der Waals surface area contributed by atoms with Crippen LogP contribution in [0.1, 0.15) is 0 Å². The Bertz CT molecular complexity index is 3630. The van der Waals surface area contributed by atoms with Gasteiger partial charge in [0, 0.05) is 38.2 Å². The topological polar surface area (TPSA) is 65.0 Å². The zero-order valence-electron chi connectivity index (χ0n) is 33.4. The summed E-state index contributed by atoms with van der Waals surface area (Å²) in [5, 5.41) is 4.23. The van der Waals surface area contributed by atoms with Gasteiger partial charge in [-0.1, -0.05) is 170 Å². The lowest BCUT2D eigenvalue weighted by atomic mass is 9.97. The van der Waals surface area contributed by atoms with E-state index in [-0.39, 0.29) is 0 Å². The highest BCUT2D eigenvalue weighted by molar-refractivity contribution is 6.15. The minimum absolute atomic E-state index is 0.605. The van der Waals surface area contributed by atoms with Crippen molar-refractivity contribution >= 4 is 43.9 Å². The molecule has 5 nitrogen and oxygen atoms in total. The fraction of sp³-hybridized carbons (Fsp3) is 0. The van der Waals surface area contributed by atoms with Crippen LogP contribution in [0.4, 0.5) is 0 Å². The molecule has 0 aliphatic heterocycles. The molecule has 3 aromatic heterocycles. The van der Waals surface area contributed by atoms with Gasteiger partial charge in [-0.3, -0.25) is 0 Å². The van der Waals surface area contributed by atoms with Crippen molar-refractivity contribution in [3.63, 3.8) is 0 Å². The smallest absolute Gasteiger partial charge is 0.164 e. The third-order valence-corrected chi connectivity index (χ3v) is 11.8. The summed E-state index contributed by atoms with van der Waals surface area (Å²) in [5.41, 5.74) is 15.0. The quantitative estimate of drug-likeness (QED) is 0.161. The van der Waals surface area contributed by atoms with Crippen LogP contribution in [0.3, 0.4) is 0 Å². The third-order valence-electron chi connectivity index (χ3n) is 11.8. The van der Waals surface area contributed by atoms with Gasteiger partial charge in [-0.2, -0.15) is 0 Å². The molecule has 0 saturated heterocycles. The van der Waals surface area contributed by atoms with E-state index in [1.807, 2.05) is 36.4 Å². The number of hydrogen-bond acceptors (Lipinski definition) is 5. The van der Waals surface area contributed by atoms with E-state index >= 15 is 0 Å². The molecule has 3 heterocycles. The highest BCUT2D eigenvalue weighted by Crippen LogP contribution is 2.39. The first-order valence-electron chi connectivity index (χ1n) is 20.7. The Morgan fingerprint density at radius 1 is 0.226 bits per heavy atom. The van der Waals surface area contributed by atoms with Gasteiger partial charge in [-0.15, -0.1) is 0 Å². The third kappa shape index (κ3) is 6.32. The van der Waals surface area contributed by atoms with Gasteiger partial charge in [0.25, 0.3) is 0 Å². The average Bonchev–Trinajstić information content (AvgIpc) is 3.90. The van der Waals surface area contributed by atoms with Gasteiger partial charge in [0.05, 0.1) is 0 Å². The van der Waals surface area contributed by atoms with Crippen molar-refractivity contribution < 1.29 is 8.83 Å². The standard InChI is InChI=1S/C57H35N3O2/c1-3-13-36(14-4-1)37-25-27-39(28-26-37)55-58-56(60-57(59-55)47-23-8-7-21-45(47)38-15-5-2-6-16-38)44-20-12-19-42(32-44)40-17-11-18-41(31-40)43-29-30-52-48(33-43)50-35-53-49(34-54(50)62-52)46-22-9-10-24-51(46)61-53/h1-35H. The average molecular weight is 794 g/mol. The molecular formula is C57H35N3O2. The Morgan fingerprint density at radius 2 is 0.661 bits per heavy atom. The minimum atomic E-state index is 0.605. The molecule has 0 N–H and O–H groups in total. The van der Waals surface area contributed by atoms with Crippen LogP contribution in [0, 0.1) is 0 Å². The molecule has 62 heavy (non-hydrogen) atoms. The van der Waals surface area contributed by atoms with Crippen LogP contribution in [-0.4, -0.2) is 15.0 Å². The fourth-order valence-electron chi connectivity index (χ4n) is 8.63. The number of aromatic nitrogens is 3. The lowest BCUT2D eigenvalue weighted by molar-refractivity contribution is 0.664. The lowest BCUT2D eigenvalue weighted by Gasteiger charge is -2.13. The SMILES string of the molecule is c1ccc(-c2ccc(-c3nc(-c4cccc(-c5cccc(-c6ccc7oc8cc9c(cc8c7c6)oc6ccccc69)c5)c4)nc(-c4ccccc4-c4ccccc4)n3)cc2)cc1. The first-order chi connectivity index (χ1) is 30.7. The van der Waals surface area contributed by atoms with E-state index in [4.69, 9.17) is 23.8 Å². The Kier molecular flexibility index (Phi) is 8.42. The largest absolute Gasteiger partial charge is 0.456 e. The lowest BCUT2D eigenvalue weighted by Crippen LogP contribution is -2.01. The van der Waals surface area contributed by atoms with E-state index in [9.17, 15) is 0 Å². The van der Waals surface area contributed by atoms with Gasteiger partial charge < -0.3 is 8.83 Å². The zero-order valence-corrected chi connectivity index (χ0v) is 33.4. The van der Waals surface area contributed by atoms with E-state index in [2.05, 4.69) is 176 Å². The number of benzene rings is 9. The second-order valence-electron chi connectivity index (χ2n) is 15.6. The van der Waals surface area contributed by atoms with E-state index in [0.717, 1.165) is 105 Å². The van der Waals surface area contributed by atoms with Gasteiger partial charge in [0.1, 0.15) is 22.3 Å². The van der Waals surface area contributed by atoms with Gasteiger partial charge in [-0.05, 0) is 87.0 Å². The molecule has 0 atom stereocenters. The van der Waals surface area contributed by atoms with Crippen molar-refractivity contribution in [1.29, 1.82) is 0 Å².